The van der Waals surface area contributed by atoms with Gasteiger partial charge in [0.25, 0.3) is 0 Å². The van der Waals surface area contributed by atoms with Gasteiger partial charge in [0.2, 0.25) is 0 Å². The van der Waals surface area contributed by atoms with Crippen LogP contribution in [-0.2, 0) is 16.1 Å². The number of anilines is 3. The number of methoxy groups -OCH3 is 1. The average Bonchev–Trinajstić information content (AvgIpc) is 2.87. The molecule has 0 radical (unpaired) electrons. The van der Waals surface area contributed by atoms with Gasteiger partial charge in [0.1, 0.15) is 0 Å². The molecule has 0 N–H and O–H groups in total. The number of aromatic nitrogens is 1. The number of rotatable bonds is 8. The maximum Gasteiger partial charge on any atom is 0.307 e. The van der Waals surface area contributed by atoms with E-state index in [1.165, 1.54) is 24.0 Å². The second kappa shape index (κ2) is 10.7. The number of esters is 1. The van der Waals surface area contributed by atoms with Crippen LogP contribution < -0.4 is 14.7 Å². The fourth-order valence-electron chi connectivity index (χ4n) is 4.08. The van der Waals surface area contributed by atoms with Crippen molar-refractivity contribution in [3.05, 3.63) is 84.7 Å². The Balaban J connectivity index is 1.41. The van der Waals surface area contributed by atoms with Crippen molar-refractivity contribution in [1.82, 2.24) is 4.98 Å². The second-order valence-electron chi connectivity index (χ2n) is 7.93. The zero-order chi connectivity index (χ0) is 22.2. The first-order chi connectivity index (χ1) is 15.7. The number of ether oxygens (including phenoxy) is 1. The highest BCUT2D eigenvalue weighted by Gasteiger charge is 2.18. The van der Waals surface area contributed by atoms with E-state index < -0.39 is 0 Å². The molecule has 166 valence electrons. The van der Waals surface area contributed by atoms with Gasteiger partial charge in [0, 0.05) is 68.7 Å². The first-order valence-electron chi connectivity index (χ1n) is 11.1. The average molecular weight is 431 g/mol. The maximum atomic E-state index is 11.7. The number of carbonyl (C=O) groups excluding carboxylic acids is 1. The summed E-state index contributed by atoms with van der Waals surface area (Å²) in [5, 5.41) is 0. The Kier molecular flexibility index (Phi) is 7.23. The predicted octanol–water partition coefficient (Wildman–Crippen LogP) is 3.98. The van der Waals surface area contributed by atoms with Gasteiger partial charge in [-0.25, -0.2) is 0 Å². The molecule has 0 saturated carbocycles. The quantitative estimate of drug-likeness (QED) is 0.504. The molecule has 1 fully saturated rings. The molecule has 1 aromatic heterocycles. The third kappa shape index (κ3) is 5.58. The van der Waals surface area contributed by atoms with Crippen LogP contribution in [0.25, 0.3) is 0 Å². The maximum absolute atomic E-state index is 11.7. The Morgan fingerprint density at radius 2 is 1.47 bits per heavy atom. The third-order valence-electron chi connectivity index (χ3n) is 5.92. The van der Waals surface area contributed by atoms with E-state index in [2.05, 4.69) is 68.2 Å². The van der Waals surface area contributed by atoms with Crippen LogP contribution in [0.3, 0.4) is 0 Å². The fraction of sp³-hybridized carbons (Fsp3) is 0.308. The summed E-state index contributed by atoms with van der Waals surface area (Å²) >= 11 is 0. The summed E-state index contributed by atoms with van der Waals surface area (Å²) in [5.74, 6) is -0.188. The highest BCUT2D eigenvalue weighted by atomic mass is 16.5. The zero-order valence-corrected chi connectivity index (χ0v) is 18.6. The molecule has 6 nitrogen and oxygen atoms in total. The molecule has 0 amide bonds. The van der Waals surface area contributed by atoms with E-state index in [4.69, 9.17) is 4.74 Å². The summed E-state index contributed by atoms with van der Waals surface area (Å²) in [7, 11) is 1.44. The van der Waals surface area contributed by atoms with Crippen molar-refractivity contribution in [2.75, 3.05) is 54.5 Å². The summed E-state index contributed by atoms with van der Waals surface area (Å²) in [6.45, 7) is 5.32. The van der Waals surface area contributed by atoms with Gasteiger partial charge in [-0.3, -0.25) is 9.78 Å². The molecule has 1 aliphatic rings. The molecule has 0 unspecified atom stereocenters. The molecule has 4 rings (SSSR count). The van der Waals surface area contributed by atoms with Crippen molar-refractivity contribution in [2.45, 2.75) is 13.0 Å². The van der Waals surface area contributed by atoms with Gasteiger partial charge in [-0.2, -0.15) is 0 Å². The van der Waals surface area contributed by atoms with Gasteiger partial charge >= 0.3 is 5.97 Å². The third-order valence-corrected chi connectivity index (χ3v) is 5.92. The second-order valence-corrected chi connectivity index (χ2v) is 7.93. The van der Waals surface area contributed by atoms with E-state index in [1.807, 2.05) is 30.6 Å². The van der Waals surface area contributed by atoms with E-state index in [-0.39, 0.29) is 5.97 Å². The smallest absolute Gasteiger partial charge is 0.307 e. The van der Waals surface area contributed by atoms with Gasteiger partial charge in [-0.15, -0.1) is 0 Å². The number of piperazine rings is 1. The van der Waals surface area contributed by atoms with Crippen molar-refractivity contribution in [1.29, 1.82) is 0 Å². The van der Waals surface area contributed by atoms with Gasteiger partial charge in [0.15, 0.2) is 0 Å². The van der Waals surface area contributed by atoms with E-state index in [0.717, 1.165) is 38.4 Å². The molecule has 1 saturated heterocycles. The van der Waals surface area contributed by atoms with Crippen molar-refractivity contribution >= 4 is 23.0 Å². The fourth-order valence-corrected chi connectivity index (χ4v) is 4.08. The molecule has 0 aliphatic carbocycles. The number of hydrogen-bond donors (Lipinski definition) is 0. The van der Waals surface area contributed by atoms with Crippen molar-refractivity contribution in [3.63, 3.8) is 0 Å². The summed E-state index contributed by atoms with van der Waals surface area (Å²) in [6.07, 6.45) is 4.06. The van der Waals surface area contributed by atoms with Crippen LogP contribution in [0.15, 0.2) is 79.1 Å². The van der Waals surface area contributed by atoms with Gasteiger partial charge < -0.3 is 19.4 Å². The molecule has 0 spiro atoms. The van der Waals surface area contributed by atoms with Crippen LogP contribution in [0.2, 0.25) is 0 Å². The largest absolute Gasteiger partial charge is 0.469 e. The predicted molar refractivity (Wildman–Crippen MR) is 129 cm³/mol. The molecule has 32 heavy (non-hydrogen) atoms. The lowest BCUT2D eigenvalue weighted by Gasteiger charge is -2.37. The minimum absolute atomic E-state index is 0.188. The summed E-state index contributed by atoms with van der Waals surface area (Å²) in [4.78, 5) is 22.9. The van der Waals surface area contributed by atoms with Crippen LogP contribution in [0.4, 0.5) is 17.1 Å². The minimum Gasteiger partial charge on any atom is -0.469 e. The van der Waals surface area contributed by atoms with E-state index in [9.17, 15) is 4.79 Å². The normalized spacial score (nSPS) is 13.7. The first kappa shape index (κ1) is 21.7. The molecule has 0 atom stereocenters. The van der Waals surface area contributed by atoms with E-state index in [1.54, 1.807) is 0 Å². The highest BCUT2D eigenvalue weighted by molar-refractivity contribution is 5.70. The molecule has 2 heterocycles. The first-order valence-corrected chi connectivity index (χ1v) is 11.1. The molecule has 2 aromatic carbocycles. The summed E-state index contributed by atoms with van der Waals surface area (Å²) < 4.78 is 4.85. The molecule has 6 heteroatoms. The SMILES string of the molecule is COC(=O)CCN(Cc1ccccc1)c1ccc(N2CCN(c3ccncc3)CC2)cc1. The number of pyridine rings is 1. The Bertz CT molecular complexity index is 972. The zero-order valence-electron chi connectivity index (χ0n) is 18.6. The lowest BCUT2D eigenvalue weighted by atomic mass is 10.1. The van der Waals surface area contributed by atoms with Crippen LogP contribution >= 0.6 is 0 Å². The summed E-state index contributed by atoms with van der Waals surface area (Å²) in [5.41, 5.74) is 4.79. The number of hydrogen-bond acceptors (Lipinski definition) is 6. The van der Waals surface area contributed by atoms with Crippen LogP contribution in [0, 0.1) is 0 Å². The Morgan fingerprint density at radius 3 is 2.06 bits per heavy atom. The summed E-state index contributed by atoms with van der Waals surface area (Å²) in [6, 6.07) is 23.2. The molecule has 3 aromatic rings. The van der Waals surface area contributed by atoms with Gasteiger partial charge in [-0.1, -0.05) is 30.3 Å². The standard InChI is InChI=1S/C26H30N4O2/c1-32-26(31)13-16-30(21-22-5-3-2-4-6-22)24-9-7-23(8-10-24)28-17-19-29(20-18-28)25-11-14-27-15-12-25/h2-12,14-15H,13,16-21H2,1H3. The van der Waals surface area contributed by atoms with Crippen LogP contribution in [0.1, 0.15) is 12.0 Å². The molecule has 0 bridgehead atoms. The molecule has 1 aliphatic heterocycles. The van der Waals surface area contributed by atoms with Crippen LogP contribution in [0.5, 0.6) is 0 Å². The van der Waals surface area contributed by atoms with E-state index in [0.29, 0.717) is 13.0 Å². The van der Waals surface area contributed by atoms with Crippen molar-refractivity contribution in [2.24, 2.45) is 0 Å². The highest BCUT2D eigenvalue weighted by Crippen LogP contribution is 2.25. The van der Waals surface area contributed by atoms with Gasteiger partial charge in [0.05, 0.1) is 13.5 Å². The minimum atomic E-state index is -0.188. The number of carbonyl (C=O) groups is 1. The van der Waals surface area contributed by atoms with Crippen molar-refractivity contribution < 1.29 is 9.53 Å². The lowest BCUT2D eigenvalue weighted by molar-refractivity contribution is -0.140. The Morgan fingerprint density at radius 1 is 0.875 bits per heavy atom. The van der Waals surface area contributed by atoms with Crippen molar-refractivity contribution in [3.8, 4) is 0 Å². The molecular formula is C26H30N4O2. The van der Waals surface area contributed by atoms with Crippen LogP contribution in [-0.4, -0.2) is 50.8 Å². The van der Waals surface area contributed by atoms with Gasteiger partial charge in [-0.05, 0) is 42.0 Å². The topological polar surface area (TPSA) is 48.9 Å². The number of nitrogens with zero attached hydrogens (tertiary/aromatic N) is 4. The number of benzene rings is 2. The Hall–Kier alpha value is -3.54. The lowest BCUT2D eigenvalue weighted by Crippen LogP contribution is -2.46. The molecular weight excluding hydrogens is 400 g/mol. The Labute approximate surface area is 190 Å². The van der Waals surface area contributed by atoms with E-state index >= 15 is 0 Å². The monoisotopic (exact) mass is 430 g/mol.